The SMILES string of the molecule is COc1ccc(/C(N)=N/O)cc1CNC1CC(OC)C1. The van der Waals surface area contributed by atoms with E-state index in [9.17, 15) is 0 Å². The Balaban J connectivity index is 2.01. The number of nitrogens with one attached hydrogen (secondary N) is 1. The van der Waals surface area contributed by atoms with E-state index in [4.69, 9.17) is 20.4 Å². The maximum absolute atomic E-state index is 8.73. The van der Waals surface area contributed by atoms with Crippen LogP contribution in [0.1, 0.15) is 24.0 Å². The molecule has 1 aromatic carbocycles. The molecule has 0 radical (unpaired) electrons. The molecule has 2 rings (SSSR count). The molecule has 110 valence electrons. The maximum Gasteiger partial charge on any atom is 0.170 e. The molecule has 0 aromatic heterocycles. The van der Waals surface area contributed by atoms with E-state index in [1.165, 1.54) is 0 Å². The quantitative estimate of drug-likeness (QED) is 0.313. The van der Waals surface area contributed by atoms with Crippen LogP contribution < -0.4 is 15.8 Å². The topological polar surface area (TPSA) is 89.1 Å². The zero-order valence-electron chi connectivity index (χ0n) is 11.8. The van der Waals surface area contributed by atoms with Gasteiger partial charge in [-0.2, -0.15) is 0 Å². The van der Waals surface area contributed by atoms with Gasteiger partial charge in [0.15, 0.2) is 5.84 Å². The smallest absolute Gasteiger partial charge is 0.170 e. The van der Waals surface area contributed by atoms with Gasteiger partial charge in [-0.15, -0.1) is 0 Å². The first-order valence-electron chi connectivity index (χ1n) is 6.59. The summed E-state index contributed by atoms with van der Waals surface area (Å²) >= 11 is 0. The first-order valence-corrected chi connectivity index (χ1v) is 6.59. The molecule has 4 N–H and O–H groups in total. The highest BCUT2D eigenvalue weighted by atomic mass is 16.5. The summed E-state index contributed by atoms with van der Waals surface area (Å²) in [6.45, 7) is 0.677. The van der Waals surface area contributed by atoms with Crippen molar-refractivity contribution in [3.63, 3.8) is 0 Å². The first kappa shape index (κ1) is 14.6. The summed E-state index contributed by atoms with van der Waals surface area (Å²) in [5.41, 5.74) is 7.26. The molecule has 0 aliphatic heterocycles. The Morgan fingerprint density at radius 3 is 2.80 bits per heavy atom. The van der Waals surface area contributed by atoms with Crippen LogP contribution in [0.5, 0.6) is 5.75 Å². The van der Waals surface area contributed by atoms with Gasteiger partial charge in [-0.25, -0.2) is 0 Å². The van der Waals surface area contributed by atoms with Crippen LogP contribution in [0, 0.1) is 0 Å². The third kappa shape index (κ3) is 3.20. The van der Waals surface area contributed by atoms with Crippen LogP contribution in [-0.4, -0.2) is 37.4 Å². The molecule has 1 aliphatic carbocycles. The lowest BCUT2D eigenvalue weighted by atomic mass is 9.89. The van der Waals surface area contributed by atoms with Crippen molar-refractivity contribution in [2.24, 2.45) is 10.9 Å². The number of nitrogens with two attached hydrogens (primary N) is 1. The van der Waals surface area contributed by atoms with Gasteiger partial charge in [0.1, 0.15) is 5.75 Å². The fraction of sp³-hybridized carbons (Fsp3) is 0.500. The van der Waals surface area contributed by atoms with E-state index in [2.05, 4.69) is 10.5 Å². The van der Waals surface area contributed by atoms with E-state index in [-0.39, 0.29) is 5.84 Å². The molecule has 0 heterocycles. The highest BCUT2D eigenvalue weighted by Gasteiger charge is 2.28. The van der Waals surface area contributed by atoms with Crippen LogP contribution in [0.25, 0.3) is 0 Å². The Bertz CT molecular complexity index is 485. The standard InChI is InChI=1S/C14H21N3O3/c1-19-12-6-11(7-12)16-8-10-5-9(14(15)17-18)3-4-13(10)20-2/h3-5,11-12,16,18H,6-8H2,1-2H3,(H2,15,17). The van der Waals surface area contributed by atoms with Gasteiger partial charge in [-0.3, -0.25) is 0 Å². The minimum atomic E-state index is 0.0944. The summed E-state index contributed by atoms with van der Waals surface area (Å²) in [6, 6.07) is 5.93. The van der Waals surface area contributed by atoms with Gasteiger partial charge in [0.2, 0.25) is 0 Å². The van der Waals surface area contributed by atoms with Crippen molar-refractivity contribution in [1.82, 2.24) is 5.32 Å². The van der Waals surface area contributed by atoms with Crippen LogP contribution in [-0.2, 0) is 11.3 Å². The van der Waals surface area contributed by atoms with E-state index >= 15 is 0 Å². The van der Waals surface area contributed by atoms with Crippen molar-refractivity contribution in [2.75, 3.05) is 14.2 Å². The number of amidine groups is 1. The second-order valence-electron chi connectivity index (χ2n) is 4.92. The number of oxime groups is 1. The summed E-state index contributed by atoms with van der Waals surface area (Å²) in [5.74, 6) is 0.881. The second kappa shape index (κ2) is 6.58. The number of rotatable bonds is 6. The molecule has 1 fully saturated rings. The highest BCUT2D eigenvalue weighted by Crippen LogP contribution is 2.25. The molecule has 0 amide bonds. The third-order valence-electron chi connectivity index (χ3n) is 3.69. The molecule has 6 nitrogen and oxygen atoms in total. The molecule has 0 saturated heterocycles. The van der Waals surface area contributed by atoms with Crippen molar-refractivity contribution in [3.05, 3.63) is 29.3 Å². The lowest BCUT2D eigenvalue weighted by molar-refractivity contribution is 0.0169. The predicted molar refractivity (Wildman–Crippen MR) is 76.2 cm³/mol. The molecule has 1 saturated carbocycles. The summed E-state index contributed by atoms with van der Waals surface area (Å²) in [7, 11) is 3.37. The van der Waals surface area contributed by atoms with E-state index in [1.807, 2.05) is 12.1 Å². The summed E-state index contributed by atoms with van der Waals surface area (Å²) < 4.78 is 10.6. The van der Waals surface area contributed by atoms with Crippen LogP contribution in [0.4, 0.5) is 0 Å². The van der Waals surface area contributed by atoms with Crippen LogP contribution >= 0.6 is 0 Å². The van der Waals surface area contributed by atoms with Crippen molar-refractivity contribution in [2.45, 2.75) is 31.5 Å². The molecular formula is C14H21N3O3. The molecule has 0 unspecified atom stereocenters. The first-order chi connectivity index (χ1) is 9.67. The van der Waals surface area contributed by atoms with E-state index < -0.39 is 0 Å². The average molecular weight is 279 g/mol. The van der Waals surface area contributed by atoms with Crippen molar-refractivity contribution in [1.29, 1.82) is 0 Å². The van der Waals surface area contributed by atoms with Gasteiger partial charge in [-0.1, -0.05) is 5.16 Å². The van der Waals surface area contributed by atoms with Crippen molar-refractivity contribution in [3.8, 4) is 5.75 Å². The van der Waals surface area contributed by atoms with Crippen LogP contribution in [0.15, 0.2) is 23.4 Å². The second-order valence-corrected chi connectivity index (χ2v) is 4.92. The lowest BCUT2D eigenvalue weighted by Crippen LogP contribution is -2.44. The predicted octanol–water partition coefficient (Wildman–Crippen LogP) is 1.06. The van der Waals surface area contributed by atoms with Gasteiger partial charge in [0.05, 0.1) is 13.2 Å². The Hall–Kier alpha value is -1.79. The zero-order chi connectivity index (χ0) is 14.5. The summed E-state index contributed by atoms with van der Waals surface area (Å²) in [6.07, 6.45) is 2.43. The largest absolute Gasteiger partial charge is 0.496 e. The molecule has 0 atom stereocenters. The minimum absolute atomic E-state index is 0.0944. The van der Waals surface area contributed by atoms with E-state index in [1.54, 1.807) is 20.3 Å². The Labute approximate surface area is 118 Å². The molecule has 0 bridgehead atoms. The summed E-state index contributed by atoms with van der Waals surface area (Å²) in [5, 5.41) is 15.2. The van der Waals surface area contributed by atoms with Crippen LogP contribution in [0.3, 0.4) is 0 Å². The number of methoxy groups -OCH3 is 2. The number of nitrogens with zero attached hydrogens (tertiary/aromatic N) is 1. The molecule has 0 spiro atoms. The molecular weight excluding hydrogens is 258 g/mol. The number of ether oxygens (including phenoxy) is 2. The third-order valence-corrected chi connectivity index (χ3v) is 3.69. The minimum Gasteiger partial charge on any atom is -0.496 e. The number of hydrogen-bond donors (Lipinski definition) is 3. The molecule has 6 heteroatoms. The molecule has 1 aliphatic rings. The normalized spacial score (nSPS) is 22.4. The van der Waals surface area contributed by atoms with E-state index in [0.29, 0.717) is 24.3 Å². The fourth-order valence-corrected chi connectivity index (χ4v) is 2.31. The Morgan fingerprint density at radius 1 is 1.45 bits per heavy atom. The number of hydrogen-bond acceptors (Lipinski definition) is 5. The number of benzene rings is 1. The average Bonchev–Trinajstić information content (AvgIpc) is 2.44. The fourth-order valence-electron chi connectivity index (χ4n) is 2.31. The summed E-state index contributed by atoms with van der Waals surface area (Å²) in [4.78, 5) is 0. The Kier molecular flexibility index (Phi) is 4.81. The van der Waals surface area contributed by atoms with Gasteiger partial charge in [0, 0.05) is 30.8 Å². The van der Waals surface area contributed by atoms with Gasteiger partial charge < -0.3 is 25.7 Å². The molecule has 20 heavy (non-hydrogen) atoms. The van der Waals surface area contributed by atoms with Crippen molar-refractivity contribution < 1.29 is 14.7 Å². The van der Waals surface area contributed by atoms with Gasteiger partial charge in [-0.05, 0) is 31.0 Å². The maximum atomic E-state index is 8.73. The van der Waals surface area contributed by atoms with Gasteiger partial charge >= 0.3 is 0 Å². The van der Waals surface area contributed by atoms with Crippen molar-refractivity contribution >= 4 is 5.84 Å². The molecule has 1 aromatic rings. The highest BCUT2D eigenvalue weighted by molar-refractivity contribution is 5.97. The van der Waals surface area contributed by atoms with Crippen LogP contribution in [0.2, 0.25) is 0 Å². The van der Waals surface area contributed by atoms with Gasteiger partial charge in [0.25, 0.3) is 0 Å². The Morgan fingerprint density at radius 2 is 2.20 bits per heavy atom. The lowest BCUT2D eigenvalue weighted by Gasteiger charge is -2.35. The van der Waals surface area contributed by atoms with E-state index in [0.717, 1.165) is 24.2 Å². The monoisotopic (exact) mass is 279 g/mol. The zero-order valence-corrected chi connectivity index (χ0v) is 11.8.